The molecule has 1 saturated heterocycles. The topological polar surface area (TPSA) is 110 Å². The summed E-state index contributed by atoms with van der Waals surface area (Å²) in [5.74, 6) is 1.03. The van der Waals surface area contributed by atoms with Crippen LogP contribution >= 0.6 is 0 Å². The van der Waals surface area contributed by atoms with Gasteiger partial charge in [-0.1, -0.05) is 36.4 Å². The van der Waals surface area contributed by atoms with Crippen LogP contribution in [0.4, 0.5) is 5.69 Å². The fourth-order valence-electron chi connectivity index (χ4n) is 5.96. The molecule has 0 spiro atoms. The van der Waals surface area contributed by atoms with Crippen LogP contribution in [0.2, 0.25) is 0 Å². The molecule has 1 unspecified atom stereocenters. The summed E-state index contributed by atoms with van der Waals surface area (Å²) in [5.41, 5.74) is 5.60. The van der Waals surface area contributed by atoms with Crippen LogP contribution in [-0.2, 0) is 28.6 Å². The number of nitrogens with one attached hydrogen (secondary N) is 2. The van der Waals surface area contributed by atoms with Crippen LogP contribution in [0, 0.1) is 10.8 Å². The van der Waals surface area contributed by atoms with Crippen LogP contribution in [0.1, 0.15) is 53.2 Å². The van der Waals surface area contributed by atoms with Crippen molar-refractivity contribution in [1.29, 1.82) is 10.8 Å². The zero-order valence-electron chi connectivity index (χ0n) is 26.3. The number of allylic oxidation sites excluding steroid dienone is 4. The molecule has 0 aliphatic carbocycles. The number of amides is 1. The van der Waals surface area contributed by atoms with Crippen molar-refractivity contribution in [2.75, 3.05) is 39.3 Å². The van der Waals surface area contributed by atoms with Gasteiger partial charge in [-0.25, -0.2) is 0 Å². The van der Waals surface area contributed by atoms with Crippen molar-refractivity contribution in [3.05, 3.63) is 113 Å². The fraction of sp³-hybridized carbons (Fsp3) is 0.306. The van der Waals surface area contributed by atoms with Gasteiger partial charge in [-0.3, -0.25) is 10.2 Å². The predicted octanol–water partition coefficient (Wildman–Crippen LogP) is 6.94. The van der Waals surface area contributed by atoms with Crippen molar-refractivity contribution in [3.8, 4) is 11.5 Å². The number of carbonyl (C=O) groups is 1. The van der Waals surface area contributed by atoms with Gasteiger partial charge in [-0.2, -0.15) is 0 Å². The molecule has 1 fully saturated rings. The standard InChI is InChI=1S/C23H26N2O2.C13H16N2O2.Co/c1-23(16-17-10-6-5-7-11-17)18-14-20(26-3)21(27-4)15-19(18)25(2)22(23)12-8-9-13-24;14-12(16)10-4-6-11(7-5-10)13(17)15-8-2-1-3-9-15;/h5-15,24H,16H2,1-4H3;4-7H,1-3,8-9H2,(H2,14,16);/b9-8+,22-12-,24-13?;;. The molecule has 2 heterocycles. The van der Waals surface area contributed by atoms with E-state index < -0.39 is 5.90 Å². The van der Waals surface area contributed by atoms with Crippen LogP contribution < -0.4 is 14.4 Å². The van der Waals surface area contributed by atoms with E-state index in [0.717, 1.165) is 49.5 Å². The number of likely N-dealkylation sites (N-methyl/N-ethyl adjacent to an activating group) is 1. The zero-order chi connectivity index (χ0) is 31.7. The molecule has 45 heavy (non-hydrogen) atoms. The first-order valence-electron chi connectivity index (χ1n) is 14.8. The largest absolute Gasteiger partial charge is 0.493 e. The third-order valence-corrected chi connectivity index (χ3v) is 8.29. The molecule has 3 aromatic carbocycles. The van der Waals surface area contributed by atoms with Crippen LogP contribution in [0.15, 0.2) is 90.7 Å². The molecule has 1 atom stereocenters. The number of hydrogen-bond donors (Lipinski definition) is 3. The van der Waals surface area contributed by atoms with Crippen LogP contribution in [0.5, 0.6) is 11.5 Å². The summed E-state index contributed by atoms with van der Waals surface area (Å²) in [7, 11) is 5.40. The van der Waals surface area contributed by atoms with Gasteiger partial charge in [0.25, 0.3) is 5.91 Å². The van der Waals surface area contributed by atoms with E-state index in [4.69, 9.17) is 25.4 Å². The van der Waals surface area contributed by atoms with Crippen molar-refractivity contribution >= 4 is 23.7 Å². The van der Waals surface area contributed by atoms with Crippen molar-refractivity contribution < 1.29 is 36.2 Å². The second kappa shape index (κ2) is 16.1. The first kappa shape index (κ1) is 35.1. The Balaban J connectivity index is 0.000000265. The Morgan fingerprint density at radius 3 is 2.11 bits per heavy atom. The number of hydrogen-bond acceptors (Lipinski definition) is 6. The number of methoxy groups -OCH3 is 2. The van der Waals surface area contributed by atoms with E-state index in [9.17, 15) is 4.79 Å². The second-order valence-electron chi connectivity index (χ2n) is 11.2. The number of nitrogens with zero attached hydrogens (tertiary/aromatic N) is 2. The number of anilines is 1. The normalized spacial score (nSPS) is 18.0. The van der Waals surface area contributed by atoms with E-state index in [0.29, 0.717) is 11.1 Å². The van der Waals surface area contributed by atoms with Gasteiger partial charge >= 0.3 is 0 Å². The van der Waals surface area contributed by atoms with E-state index in [-0.39, 0.29) is 28.1 Å². The first-order valence-corrected chi connectivity index (χ1v) is 14.8. The fourth-order valence-corrected chi connectivity index (χ4v) is 5.96. The summed E-state index contributed by atoms with van der Waals surface area (Å²) in [6.45, 7) is 3.92. The average Bonchev–Trinajstić information content (AvgIpc) is 3.25. The van der Waals surface area contributed by atoms with E-state index in [2.05, 4.69) is 55.3 Å². The van der Waals surface area contributed by atoms with E-state index in [1.165, 1.54) is 29.5 Å². The smallest absolute Gasteiger partial charge is 0.253 e. The van der Waals surface area contributed by atoms with Gasteiger partial charge in [0.2, 0.25) is 5.90 Å². The molecule has 2 aliphatic heterocycles. The summed E-state index contributed by atoms with van der Waals surface area (Å²) in [6.07, 6.45) is 11.2. The Labute approximate surface area is 276 Å². The van der Waals surface area contributed by atoms with Gasteiger partial charge in [0.1, 0.15) is 0 Å². The third kappa shape index (κ3) is 8.04. The minimum atomic E-state index is -0.470. The molecule has 3 N–H and O–H groups in total. The Morgan fingerprint density at radius 2 is 1.53 bits per heavy atom. The minimum absolute atomic E-state index is 0. The molecule has 5 rings (SSSR count). The van der Waals surface area contributed by atoms with Crippen molar-refractivity contribution in [1.82, 2.24) is 4.90 Å². The van der Waals surface area contributed by atoms with Gasteiger partial charge in [0, 0.05) is 77.1 Å². The second-order valence-corrected chi connectivity index (χ2v) is 11.2. The van der Waals surface area contributed by atoms with E-state index in [1.54, 1.807) is 44.6 Å². The number of benzene rings is 3. The molecular formula is C36H42CoN4O4. The number of carbonyl (C=O) groups excluding carboxylic acids is 1. The molecule has 3 aromatic rings. The van der Waals surface area contributed by atoms with Crippen molar-refractivity contribution in [2.45, 2.75) is 38.0 Å². The summed E-state index contributed by atoms with van der Waals surface area (Å²) in [6, 6.07) is 21.2. The number of aliphatic hydroxyl groups is 1. The third-order valence-electron chi connectivity index (χ3n) is 8.29. The molecule has 0 bridgehead atoms. The number of ether oxygens (including phenoxy) is 2. The van der Waals surface area contributed by atoms with Gasteiger partial charge in [-0.05, 0) is 86.2 Å². The number of rotatable bonds is 8. The van der Waals surface area contributed by atoms with E-state index in [1.807, 2.05) is 23.1 Å². The SMILES string of the molecule is COc1cc2c(cc1OC)C(C)(Cc1ccccc1)/C(=C/C=C/C=N)N2C.N=C(O)c1ccc(C(=O)N2CCCCC2)cc1.[Co]. The summed E-state index contributed by atoms with van der Waals surface area (Å²) >= 11 is 0. The Kier molecular flexibility index (Phi) is 12.6. The van der Waals surface area contributed by atoms with Gasteiger partial charge in [0.05, 0.1) is 14.2 Å². The molecule has 239 valence electrons. The predicted molar refractivity (Wildman–Crippen MR) is 177 cm³/mol. The molecule has 0 saturated carbocycles. The Morgan fingerprint density at radius 1 is 0.933 bits per heavy atom. The Hall–Kier alpha value is -4.34. The van der Waals surface area contributed by atoms with Crippen molar-refractivity contribution in [3.63, 3.8) is 0 Å². The van der Waals surface area contributed by atoms with Gasteiger partial charge < -0.3 is 29.8 Å². The van der Waals surface area contributed by atoms with E-state index >= 15 is 0 Å². The Bertz CT molecular complexity index is 1530. The zero-order valence-corrected chi connectivity index (χ0v) is 27.3. The number of aliphatic hydroxyl groups excluding tert-OH is 1. The molecule has 9 heteroatoms. The molecule has 1 radical (unpaired) electrons. The molecular weight excluding hydrogens is 611 g/mol. The number of likely N-dealkylation sites (tertiary alicyclic amines) is 1. The maximum absolute atomic E-state index is 12.1. The van der Waals surface area contributed by atoms with Gasteiger partial charge in [-0.15, -0.1) is 0 Å². The summed E-state index contributed by atoms with van der Waals surface area (Å²) < 4.78 is 11.1. The first-order chi connectivity index (χ1) is 21.2. The quantitative estimate of drug-likeness (QED) is 0.180. The maximum atomic E-state index is 12.1. The number of piperidine rings is 1. The maximum Gasteiger partial charge on any atom is 0.253 e. The van der Waals surface area contributed by atoms with Crippen LogP contribution in [0.3, 0.4) is 0 Å². The van der Waals surface area contributed by atoms with Crippen LogP contribution in [0.25, 0.3) is 0 Å². The molecule has 0 aromatic heterocycles. The number of fused-ring (bicyclic) bond motifs is 1. The molecule has 1 amide bonds. The van der Waals surface area contributed by atoms with Crippen LogP contribution in [-0.4, -0.2) is 62.4 Å². The molecule has 2 aliphatic rings. The molecule has 8 nitrogen and oxygen atoms in total. The van der Waals surface area contributed by atoms with Gasteiger partial charge in [0.15, 0.2) is 11.5 Å². The van der Waals surface area contributed by atoms with Crippen molar-refractivity contribution in [2.24, 2.45) is 0 Å². The monoisotopic (exact) mass is 653 g/mol. The summed E-state index contributed by atoms with van der Waals surface area (Å²) in [4.78, 5) is 16.2. The minimum Gasteiger partial charge on any atom is -0.493 e. The average molecular weight is 654 g/mol. The summed E-state index contributed by atoms with van der Waals surface area (Å²) in [5, 5.41) is 23.3.